The molecule has 1 amide bonds. The number of rotatable bonds is 4. The molecule has 0 aliphatic carbocycles. The molecule has 10 nitrogen and oxygen atoms in total. The van der Waals surface area contributed by atoms with Gasteiger partial charge in [0, 0.05) is 42.7 Å². The lowest BCUT2D eigenvalue weighted by molar-refractivity contribution is 0.00335. The molecular formula is C27H35ClN6O4. The lowest BCUT2D eigenvalue weighted by atomic mass is 9.89. The molecule has 1 N–H and O–H groups in total. The van der Waals surface area contributed by atoms with E-state index in [0.717, 1.165) is 35.1 Å². The molecule has 3 aromatic rings. The highest BCUT2D eigenvalue weighted by molar-refractivity contribution is 6.32. The number of aliphatic hydroxyl groups is 1. The minimum absolute atomic E-state index is 0.0303. The topological polar surface area (TPSA) is 106 Å². The maximum atomic E-state index is 12.5. The average molecular weight is 543 g/mol. The number of carbonyl (C=O) groups excluding carboxylic acids is 1. The van der Waals surface area contributed by atoms with Crippen molar-refractivity contribution in [2.24, 2.45) is 0 Å². The van der Waals surface area contributed by atoms with Crippen LogP contribution in [-0.4, -0.2) is 86.9 Å². The standard InChI is InChI=1S/C27H35ClN6O4/c1-17-30-24(33-9-10-37-20(15-33)16-35)13-25(31-17)34-23-12-21(22(28)11-19(23)14-29-34)18-5-7-32(8-6-18)26(36)38-27(2,3)4/h11-14,18,20,35H,5-10,15-16H2,1-4H3/t20-/m1/s1. The van der Waals surface area contributed by atoms with Gasteiger partial charge in [0.25, 0.3) is 0 Å². The maximum Gasteiger partial charge on any atom is 0.410 e. The van der Waals surface area contributed by atoms with Crippen molar-refractivity contribution in [3.8, 4) is 5.82 Å². The predicted octanol–water partition coefficient (Wildman–Crippen LogP) is 4.09. The molecule has 5 rings (SSSR count). The number of likely N-dealkylation sites (tertiary alicyclic amines) is 1. The molecule has 4 heterocycles. The van der Waals surface area contributed by atoms with Crippen LogP contribution in [0.25, 0.3) is 16.7 Å². The summed E-state index contributed by atoms with van der Waals surface area (Å²) in [5.74, 6) is 2.31. The molecule has 204 valence electrons. The van der Waals surface area contributed by atoms with Gasteiger partial charge in [-0.25, -0.2) is 19.4 Å². The lowest BCUT2D eigenvalue weighted by Gasteiger charge is -2.34. The second-order valence-electron chi connectivity index (χ2n) is 11.0. The van der Waals surface area contributed by atoms with Crippen LogP contribution < -0.4 is 4.90 Å². The van der Waals surface area contributed by atoms with Gasteiger partial charge in [0.1, 0.15) is 17.2 Å². The van der Waals surface area contributed by atoms with Gasteiger partial charge in [0.2, 0.25) is 0 Å². The molecule has 2 saturated heterocycles. The van der Waals surface area contributed by atoms with Gasteiger partial charge in [-0.05, 0) is 64.2 Å². The van der Waals surface area contributed by atoms with E-state index in [2.05, 4.69) is 26.0 Å². The van der Waals surface area contributed by atoms with Crippen molar-refractivity contribution in [1.82, 2.24) is 24.6 Å². The third-order valence-corrected chi connectivity index (χ3v) is 7.29. The van der Waals surface area contributed by atoms with Crippen LogP contribution in [0.5, 0.6) is 0 Å². The van der Waals surface area contributed by atoms with E-state index in [1.807, 2.05) is 44.5 Å². The molecule has 2 aromatic heterocycles. The first-order valence-electron chi connectivity index (χ1n) is 13.1. The molecular weight excluding hydrogens is 508 g/mol. The number of nitrogens with zero attached hydrogens (tertiary/aromatic N) is 6. The molecule has 2 aliphatic rings. The summed E-state index contributed by atoms with van der Waals surface area (Å²) in [7, 11) is 0. The lowest BCUT2D eigenvalue weighted by Crippen LogP contribution is -2.44. The Kier molecular flexibility index (Phi) is 7.48. The van der Waals surface area contributed by atoms with Crippen molar-refractivity contribution in [1.29, 1.82) is 0 Å². The van der Waals surface area contributed by atoms with Gasteiger partial charge >= 0.3 is 6.09 Å². The number of carbonyl (C=O) groups is 1. The molecule has 0 bridgehead atoms. The Balaban J connectivity index is 1.40. The van der Waals surface area contributed by atoms with Crippen LogP contribution in [0.1, 0.15) is 50.9 Å². The van der Waals surface area contributed by atoms with Gasteiger partial charge in [0.15, 0.2) is 5.82 Å². The first-order chi connectivity index (χ1) is 18.1. The van der Waals surface area contributed by atoms with Gasteiger partial charge in [-0.1, -0.05) is 11.6 Å². The quantitative estimate of drug-likeness (QED) is 0.525. The molecule has 38 heavy (non-hydrogen) atoms. The second-order valence-corrected chi connectivity index (χ2v) is 11.4. The molecule has 1 atom stereocenters. The zero-order valence-electron chi connectivity index (χ0n) is 22.4. The summed E-state index contributed by atoms with van der Waals surface area (Å²) in [4.78, 5) is 25.7. The fraction of sp³-hybridized carbons (Fsp3) is 0.556. The van der Waals surface area contributed by atoms with E-state index >= 15 is 0 Å². The number of benzene rings is 1. The van der Waals surface area contributed by atoms with Crippen LogP contribution in [0.4, 0.5) is 10.6 Å². The largest absolute Gasteiger partial charge is 0.444 e. The molecule has 0 saturated carbocycles. The number of amides is 1. The van der Waals surface area contributed by atoms with Crippen LogP contribution in [0.2, 0.25) is 5.02 Å². The van der Waals surface area contributed by atoms with Crippen molar-refractivity contribution in [2.75, 3.05) is 44.3 Å². The Morgan fingerprint density at radius 2 is 1.89 bits per heavy atom. The van der Waals surface area contributed by atoms with Gasteiger partial charge in [-0.15, -0.1) is 0 Å². The van der Waals surface area contributed by atoms with Crippen molar-refractivity contribution in [3.63, 3.8) is 0 Å². The SMILES string of the molecule is Cc1nc(N2CCO[C@@H](CO)C2)cc(-n2ncc3cc(Cl)c(C4CCN(C(=O)OC(C)(C)C)CC4)cc32)n1. The average Bonchev–Trinajstić information content (AvgIpc) is 3.29. The van der Waals surface area contributed by atoms with E-state index < -0.39 is 5.60 Å². The molecule has 2 fully saturated rings. The number of fused-ring (bicyclic) bond motifs is 1. The Hall–Kier alpha value is -2.95. The Morgan fingerprint density at radius 1 is 1.16 bits per heavy atom. The summed E-state index contributed by atoms with van der Waals surface area (Å²) < 4.78 is 13.0. The van der Waals surface area contributed by atoms with Crippen LogP contribution >= 0.6 is 11.6 Å². The number of piperidine rings is 1. The fourth-order valence-electron chi connectivity index (χ4n) is 5.10. The van der Waals surface area contributed by atoms with Crippen LogP contribution in [-0.2, 0) is 9.47 Å². The third-order valence-electron chi connectivity index (χ3n) is 6.97. The van der Waals surface area contributed by atoms with Crippen LogP contribution in [0, 0.1) is 6.92 Å². The molecule has 2 aliphatic heterocycles. The number of aromatic nitrogens is 4. The fourth-order valence-corrected chi connectivity index (χ4v) is 5.43. The normalized spacial score (nSPS) is 19.3. The van der Waals surface area contributed by atoms with E-state index in [4.69, 9.17) is 21.1 Å². The number of hydrogen-bond acceptors (Lipinski definition) is 8. The molecule has 0 spiro atoms. The minimum Gasteiger partial charge on any atom is -0.444 e. The monoisotopic (exact) mass is 542 g/mol. The number of morpholine rings is 1. The number of ether oxygens (including phenoxy) is 2. The number of hydrogen-bond donors (Lipinski definition) is 1. The summed E-state index contributed by atoms with van der Waals surface area (Å²) in [6, 6.07) is 5.98. The van der Waals surface area contributed by atoms with Crippen molar-refractivity contribution < 1.29 is 19.4 Å². The maximum absolute atomic E-state index is 12.5. The summed E-state index contributed by atoms with van der Waals surface area (Å²) >= 11 is 6.75. The van der Waals surface area contributed by atoms with Gasteiger partial charge in [0.05, 0.1) is 31.0 Å². The van der Waals surface area contributed by atoms with Crippen molar-refractivity contribution >= 4 is 34.4 Å². The number of aryl methyl sites for hydroxylation is 1. The zero-order valence-corrected chi connectivity index (χ0v) is 23.1. The summed E-state index contributed by atoms with van der Waals surface area (Å²) in [5.41, 5.74) is 1.45. The smallest absolute Gasteiger partial charge is 0.410 e. The van der Waals surface area contributed by atoms with Crippen LogP contribution in [0.15, 0.2) is 24.4 Å². The van der Waals surface area contributed by atoms with E-state index in [-0.39, 0.29) is 24.7 Å². The Bertz CT molecular complexity index is 1310. The predicted molar refractivity (Wildman–Crippen MR) is 145 cm³/mol. The van der Waals surface area contributed by atoms with Crippen molar-refractivity contribution in [3.05, 3.63) is 40.8 Å². The molecule has 1 aromatic carbocycles. The highest BCUT2D eigenvalue weighted by atomic mass is 35.5. The zero-order chi connectivity index (χ0) is 27.0. The van der Waals surface area contributed by atoms with E-state index in [1.54, 1.807) is 11.1 Å². The summed E-state index contributed by atoms with van der Waals surface area (Å²) in [5, 5.41) is 15.8. The molecule has 11 heteroatoms. The first-order valence-corrected chi connectivity index (χ1v) is 13.5. The number of aliphatic hydroxyl groups excluding tert-OH is 1. The van der Waals surface area contributed by atoms with Crippen molar-refractivity contribution in [2.45, 2.75) is 58.2 Å². The van der Waals surface area contributed by atoms with Gasteiger partial charge in [-0.2, -0.15) is 5.10 Å². The van der Waals surface area contributed by atoms with Crippen LogP contribution in [0.3, 0.4) is 0 Å². The Labute approximate surface area is 227 Å². The minimum atomic E-state index is -0.512. The van der Waals surface area contributed by atoms with Gasteiger partial charge < -0.3 is 24.4 Å². The van der Waals surface area contributed by atoms with E-state index in [0.29, 0.717) is 49.5 Å². The van der Waals surface area contributed by atoms with Gasteiger partial charge in [-0.3, -0.25) is 0 Å². The second kappa shape index (κ2) is 10.7. The Morgan fingerprint density at radius 3 is 2.61 bits per heavy atom. The van der Waals surface area contributed by atoms with E-state index in [1.165, 1.54) is 0 Å². The highest BCUT2D eigenvalue weighted by Crippen LogP contribution is 2.36. The third kappa shape index (κ3) is 5.72. The number of anilines is 1. The molecule has 0 unspecified atom stereocenters. The van der Waals surface area contributed by atoms with E-state index in [9.17, 15) is 9.90 Å². The number of halogens is 1. The highest BCUT2D eigenvalue weighted by Gasteiger charge is 2.29. The summed E-state index contributed by atoms with van der Waals surface area (Å²) in [6.45, 7) is 10.5. The summed E-state index contributed by atoms with van der Waals surface area (Å²) in [6.07, 6.45) is 2.90. The molecule has 0 radical (unpaired) electrons. The first kappa shape index (κ1) is 26.6.